The molecule has 0 N–H and O–H groups in total. The van der Waals surface area contributed by atoms with Gasteiger partial charge in [0.2, 0.25) is 15.9 Å². The quantitative estimate of drug-likeness (QED) is 0.667. The number of rotatable bonds is 6. The molecular formula is C24H31N3O4S. The minimum Gasteiger partial charge on any atom is -0.497 e. The Morgan fingerprint density at radius 2 is 1.59 bits per heavy atom. The fourth-order valence-electron chi connectivity index (χ4n) is 4.50. The molecule has 2 fully saturated rings. The van der Waals surface area contributed by atoms with E-state index in [4.69, 9.17) is 4.74 Å². The molecule has 0 unspecified atom stereocenters. The van der Waals surface area contributed by atoms with Crippen molar-refractivity contribution in [3.8, 4) is 5.75 Å². The summed E-state index contributed by atoms with van der Waals surface area (Å²) in [7, 11) is -2.20. The van der Waals surface area contributed by atoms with Crippen LogP contribution in [0.2, 0.25) is 0 Å². The van der Waals surface area contributed by atoms with Gasteiger partial charge in [0.1, 0.15) is 11.9 Å². The lowest BCUT2D eigenvalue weighted by Gasteiger charge is -2.43. The smallest absolute Gasteiger partial charge is 0.245 e. The van der Waals surface area contributed by atoms with Gasteiger partial charge in [0, 0.05) is 13.1 Å². The van der Waals surface area contributed by atoms with E-state index in [0.717, 1.165) is 37.1 Å². The molecule has 32 heavy (non-hydrogen) atoms. The standard InChI is InChI=1S/C24H31N3O4S/c1-19-6-12-22(13-7-19)32(29,30)27-17-5-16-26(23(28)18-25-14-3-4-15-25)24(27)20-8-10-21(31-2)11-9-20/h6-13,24H,3-5,14-18H2,1-2H3/t24-/m0/s1. The highest BCUT2D eigenvalue weighted by atomic mass is 32.2. The van der Waals surface area contributed by atoms with Crippen molar-refractivity contribution in [2.24, 2.45) is 0 Å². The average molecular weight is 458 g/mol. The van der Waals surface area contributed by atoms with Gasteiger partial charge in [-0.2, -0.15) is 4.31 Å². The average Bonchev–Trinajstić information content (AvgIpc) is 3.32. The van der Waals surface area contributed by atoms with Gasteiger partial charge in [-0.1, -0.05) is 29.8 Å². The monoisotopic (exact) mass is 457 g/mol. The second kappa shape index (κ2) is 9.60. The Morgan fingerprint density at radius 1 is 0.938 bits per heavy atom. The van der Waals surface area contributed by atoms with E-state index < -0.39 is 16.2 Å². The van der Waals surface area contributed by atoms with Crippen LogP contribution in [0.1, 0.15) is 36.6 Å². The highest BCUT2D eigenvalue weighted by molar-refractivity contribution is 7.89. The van der Waals surface area contributed by atoms with Crippen LogP contribution in [-0.2, 0) is 14.8 Å². The summed E-state index contributed by atoms with van der Waals surface area (Å²) in [4.78, 5) is 17.5. The summed E-state index contributed by atoms with van der Waals surface area (Å²) in [6, 6.07) is 14.2. The molecule has 4 rings (SSSR count). The molecule has 2 saturated heterocycles. The van der Waals surface area contributed by atoms with Crippen molar-refractivity contribution in [1.29, 1.82) is 0 Å². The first kappa shape index (κ1) is 22.8. The maximum absolute atomic E-state index is 13.7. The molecule has 0 spiro atoms. The van der Waals surface area contributed by atoms with Crippen LogP contribution in [0.15, 0.2) is 53.4 Å². The second-order valence-electron chi connectivity index (χ2n) is 8.50. The van der Waals surface area contributed by atoms with Crippen LogP contribution in [0.3, 0.4) is 0 Å². The van der Waals surface area contributed by atoms with E-state index in [9.17, 15) is 13.2 Å². The topological polar surface area (TPSA) is 70.2 Å². The van der Waals surface area contributed by atoms with Gasteiger partial charge >= 0.3 is 0 Å². The lowest BCUT2D eigenvalue weighted by molar-refractivity contribution is -0.139. The third-order valence-corrected chi connectivity index (χ3v) is 8.13. The Labute approximate surface area is 190 Å². The normalized spacial score (nSPS) is 20.4. The number of amides is 1. The SMILES string of the molecule is COc1ccc([C@H]2N(C(=O)CN3CCCC3)CCCN2S(=O)(=O)c2ccc(C)cc2)cc1. The van der Waals surface area contributed by atoms with Gasteiger partial charge < -0.3 is 9.64 Å². The molecule has 1 amide bonds. The first-order valence-electron chi connectivity index (χ1n) is 11.1. The van der Waals surface area contributed by atoms with E-state index in [-0.39, 0.29) is 10.8 Å². The van der Waals surface area contributed by atoms with Crippen LogP contribution in [0.25, 0.3) is 0 Å². The van der Waals surface area contributed by atoms with Gasteiger partial charge in [-0.15, -0.1) is 0 Å². The van der Waals surface area contributed by atoms with Crippen molar-refractivity contribution in [2.45, 2.75) is 37.2 Å². The van der Waals surface area contributed by atoms with Gasteiger partial charge in [0.05, 0.1) is 18.6 Å². The Morgan fingerprint density at radius 3 is 2.22 bits per heavy atom. The van der Waals surface area contributed by atoms with E-state index in [2.05, 4.69) is 4.90 Å². The van der Waals surface area contributed by atoms with Gasteiger partial charge in [-0.3, -0.25) is 9.69 Å². The van der Waals surface area contributed by atoms with Crippen LogP contribution < -0.4 is 4.74 Å². The lowest BCUT2D eigenvalue weighted by Crippen LogP contribution is -2.53. The van der Waals surface area contributed by atoms with Crippen molar-refractivity contribution in [2.75, 3.05) is 39.8 Å². The molecule has 7 nitrogen and oxygen atoms in total. The molecule has 0 aliphatic carbocycles. The molecule has 0 radical (unpaired) electrons. The second-order valence-corrected chi connectivity index (χ2v) is 10.4. The number of sulfonamides is 1. The minimum atomic E-state index is -3.79. The number of carbonyl (C=O) groups is 1. The Hall–Kier alpha value is -2.42. The number of carbonyl (C=O) groups excluding carboxylic acids is 1. The van der Waals surface area contributed by atoms with Crippen molar-refractivity contribution < 1.29 is 17.9 Å². The Bertz CT molecular complexity index is 1030. The van der Waals surface area contributed by atoms with Gasteiger partial charge in [-0.05, 0) is 69.1 Å². The van der Waals surface area contributed by atoms with E-state index in [1.165, 1.54) is 4.31 Å². The van der Waals surface area contributed by atoms with Gasteiger partial charge in [-0.25, -0.2) is 8.42 Å². The molecule has 2 aromatic carbocycles. The fraction of sp³-hybridized carbons (Fsp3) is 0.458. The van der Waals surface area contributed by atoms with Gasteiger partial charge in [0.15, 0.2) is 0 Å². The number of aryl methyl sites for hydroxylation is 1. The summed E-state index contributed by atoms with van der Waals surface area (Å²) in [5, 5.41) is 0. The zero-order chi connectivity index (χ0) is 22.7. The van der Waals surface area contributed by atoms with Crippen molar-refractivity contribution in [3.05, 3.63) is 59.7 Å². The highest BCUT2D eigenvalue weighted by Gasteiger charge is 2.41. The molecule has 2 aliphatic heterocycles. The van der Waals surface area contributed by atoms with E-state index in [1.807, 2.05) is 31.2 Å². The number of ether oxygens (including phenoxy) is 1. The summed E-state index contributed by atoms with van der Waals surface area (Å²) >= 11 is 0. The van der Waals surface area contributed by atoms with Crippen molar-refractivity contribution >= 4 is 15.9 Å². The zero-order valence-corrected chi connectivity index (χ0v) is 19.6. The third-order valence-electron chi connectivity index (χ3n) is 6.26. The molecule has 2 aliphatic rings. The van der Waals surface area contributed by atoms with Crippen molar-refractivity contribution in [3.63, 3.8) is 0 Å². The van der Waals surface area contributed by atoms with E-state index >= 15 is 0 Å². The first-order valence-corrected chi connectivity index (χ1v) is 12.6. The third kappa shape index (κ3) is 4.67. The van der Waals surface area contributed by atoms with Crippen LogP contribution in [0.5, 0.6) is 5.75 Å². The van der Waals surface area contributed by atoms with Crippen LogP contribution in [-0.4, -0.2) is 68.3 Å². The summed E-state index contributed by atoms with van der Waals surface area (Å²) in [6.45, 7) is 4.97. The summed E-state index contributed by atoms with van der Waals surface area (Å²) in [6.07, 6.45) is 2.12. The van der Waals surface area contributed by atoms with Crippen LogP contribution in [0.4, 0.5) is 0 Å². The maximum atomic E-state index is 13.7. The number of hydrogen-bond donors (Lipinski definition) is 0. The summed E-state index contributed by atoms with van der Waals surface area (Å²) in [5.74, 6) is 0.656. The first-order chi connectivity index (χ1) is 15.4. The highest BCUT2D eigenvalue weighted by Crippen LogP contribution is 2.35. The lowest BCUT2D eigenvalue weighted by atomic mass is 10.1. The molecule has 2 aromatic rings. The van der Waals surface area contributed by atoms with Crippen LogP contribution >= 0.6 is 0 Å². The fourth-order valence-corrected chi connectivity index (χ4v) is 6.12. The molecule has 172 valence electrons. The largest absolute Gasteiger partial charge is 0.497 e. The predicted octanol–water partition coefficient (Wildman–Crippen LogP) is 3.02. The molecule has 2 heterocycles. The van der Waals surface area contributed by atoms with Crippen molar-refractivity contribution in [1.82, 2.24) is 14.1 Å². The number of hydrogen-bond acceptors (Lipinski definition) is 5. The summed E-state index contributed by atoms with van der Waals surface area (Å²) < 4.78 is 34.1. The Kier molecular flexibility index (Phi) is 6.83. The number of nitrogens with zero attached hydrogens (tertiary/aromatic N) is 3. The molecule has 8 heteroatoms. The van der Waals surface area contributed by atoms with E-state index in [0.29, 0.717) is 31.8 Å². The number of likely N-dealkylation sites (tertiary alicyclic amines) is 1. The maximum Gasteiger partial charge on any atom is 0.245 e. The minimum absolute atomic E-state index is 0.0310. The molecule has 0 aromatic heterocycles. The number of benzene rings is 2. The molecule has 1 atom stereocenters. The Balaban J connectivity index is 1.71. The molecular weight excluding hydrogens is 426 g/mol. The van der Waals surface area contributed by atoms with E-state index in [1.54, 1.807) is 36.3 Å². The zero-order valence-electron chi connectivity index (χ0n) is 18.7. The van der Waals surface area contributed by atoms with Crippen LogP contribution in [0, 0.1) is 6.92 Å². The molecule has 0 bridgehead atoms. The molecule has 0 saturated carbocycles. The summed E-state index contributed by atoms with van der Waals surface area (Å²) in [5.41, 5.74) is 1.76. The predicted molar refractivity (Wildman–Crippen MR) is 123 cm³/mol. The number of methoxy groups -OCH3 is 1. The van der Waals surface area contributed by atoms with Gasteiger partial charge in [0.25, 0.3) is 0 Å².